The van der Waals surface area contributed by atoms with Gasteiger partial charge in [0, 0.05) is 35.1 Å². The molecule has 1 saturated heterocycles. The molecular formula is C19H12FN3O3S. The molecule has 1 fully saturated rings. The van der Waals surface area contributed by atoms with Gasteiger partial charge in [0.1, 0.15) is 17.6 Å². The molecule has 4 rings (SSSR count). The Labute approximate surface area is 157 Å². The van der Waals surface area contributed by atoms with Crippen molar-refractivity contribution in [3.05, 3.63) is 82.9 Å². The second-order valence-electron chi connectivity index (χ2n) is 5.74. The van der Waals surface area contributed by atoms with Crippen molar-refractivity contribution in [2.45, 2.75) is 6.04 Å². The molecule has 6 nitrogen and oxygen atoms in total. The van der Waals surface area contributed by atoms with Gasteiger partial charge in [-0.05, 0) is 18.2 Å². The first-order valence-electron chi connectivity index (χ1n) is 7.95. The Balaban J connectivity index is 1.98. The van der Waals surface area contributed by atoms with Crippen molar-refractivity contribution in [2.24, 2.45) is 0 Å². The summed E-state index contributed by atoms with van der Waals surface area (Å²) in [6, 6.07) is 7.72. The molecule has 3 aromatic rings. The lowest BCUT2D eigenvalue weighted by atomic mass is 9.95. The number of halogens is 1. The SMILES string of the molecule is O=C1C(=O)N(c2nccs2)C(c2ccccc2F)C1=C(O)c1ccncc1. The number of hydrogen-bond donors (Lipinski definition) is 1. The highest BCUT2D eigenvalue weighted by Gasteiger charge is 2.48. The summed E-state index contributed by atoms with van der Waals surface area (Å²) in [6.07, 6.45) is 4.38. The Morgan fingerprint density at radius 3 is 2.52 bits per heavy atom. The molecule has 8 heteroatoms. The van der Waals surface area contributed by atoms with E-state index in [1.165, 1.54) is 48.9 Å². The third kappa shape index (κ3) is 2.80. The van der Waals surface area contributed by atoms with Crippen LogP contribution in [0, 0.1) is 5.82 Å². The summed E-state index contributed by atoms with van der Waals surface area (Å²) in [4.78, 5) is 34.5. The van der Waals surface area contributed by atoms with Crippen LogP contribution in [0.1, 0.15) is 17.2 Å². The van der Waals surface area contributed by atoms with Crippen molar-refractivity contribution in [3.8, 4) is 0 Å². The molecule has 2 aromatic heterocycles. The summed E-state index contributed by atoms with van der Waals surface area (Å²) >= 11 is 1.14. The first kappa shape index (κ1) is 17.0. The molecule has 134 valence electrons. The van der Waals surface area contributed by atoms with Crippen LogP contribution in [0.25, 0.3) is 5.76 Å². The highest BCUT2D eigenvalue weighted by Crippen LogP contribution is 2.43. The Morgan fingerprint density at radius 1 is 1.11 bits per heavy atom. The van der Waals surface area contributed by atoms with Gasteiger partial charge in [-0.1, -0.05) is 18.2 Å². The number of pyridine rings is 1. The molecule has 0 radical (unpaired) electrons. The molecule has 1 unspecified atom stereocenters. The Bertz CT molecular complexity index is 1050. The van der Waals surface area contributed by atoms with Crippen molar-refractivity contribution < 1.29 is 19.1 Å². The predicted octanol–water partition coefficient (Wildman–Crippen LogP) is 3.30. The number of ketones is 1. The lowest BCUT2D eigenvalue weighted by molar-refractivity contribution is -0.132. The molecule has 1 aliphatic heterocycles. The molecule has 0 aliphatic carbocycles. The van der Waals surface area contributed by atoms with Crippen LogP contribution in [-0.4, -0.2) is 26.8 Å². The molecule has 1 amide bonds. The Kier molecular flexibility index (Phi) is 4.25. The number of Topliss-reactive ketones (excluding diaryl/α,β-unsaturated/α-hetero) is 1. The molecule has 1 atom stereocenters. The average molecular weight is 381 g/mol. The van der Waals surface area contributed by atoms with Crippen molar-refractivity contribution >= 4 is 33.9 Å². The molecule has 3 heterocycles. The van der Waals surface area contributed by atoms with E-state index < -0.39 is 23.5 Å². The number of carbonyl (C=O) groups is 2. The number of anilines is 1. The number of benzene rings is 1. The molecule has 0 spiro atoms. The molecule has 1 aliphatic rings. The maximum atomic E-state index is 14.6. The van der Waals surface area contributed by atoms with E-state index in [0.29, 0.717) is 5.56 Å². The Morgan fingerprint density at radius 2 is 1.85 bits per heavy atom. The summed E-state index contributed by atoms with van der Waals surface area (Å²) < 4.78 is 14.6. The number of aliphatic hydroxyl groups excluding tert-OH is 1. The van der Waals surface area contributed by atoms with E-state index in [2.05, 4.69) is 9.97 Å². The molecular weight excluding hydrogens is 369 g/mol. The smallest absolute Gasteiger partial charge is 0.301 e. The first-order valence-corrected chi connectivity index (χ1v) is 8.83. The number of aliphatic hydroxyl groups is 1. The maximum absolute atomic E-state index is 14.6. The third-order valence-electron chi connectivity index (χ3n) is 4.22. The van der Waals surface area contributed by atoms with Crippen LogP contribution in [0.5, 0.6) is 0 Å². The number of nitrogens with zero attached hydrogens (tertiary/aromatic N) is 3. The van der Waals surface area contributed by atoms with Gasteiger partial charge in [-0.15, -0.1) is 11.3 Å². The third-order valence-corrected chi connectivity index (χ3v) is 4.99. The van der Waals surface area contributed by atoms with Crippen LogP contribution >= 0.6 is 11.3 Å². The molecule has 0 bridgehead atoms. The van der Waals surface area contributed by atoms with Crippen molar-refractivity contribution in [1.82, 2.24) is 9.97 Å². The minimum atomic E-state index is -1.12. The van der Waals surface area contributed by atoms with Crippen LogP contribution in [-0.2, 0) is 9.59 Å². The van der Waals surface area contributed by atoms with Gasteiger partial charge in [-0.2, -0.15) is 0 Å². The van der Waals surface area contributed by atoms with Gasteiger partial charge in [-0.25, -0.2) is 9.37 Å². The lowest BCUT2D eigenvalue weighted by Gasteiger charge is -2.23. The van der Waals surface area contributed by atoms with Gasteiger partial charge in [0.05, 0.1) is 5.57 Å². The van der Waals surface area contributed by atoms with Gasteiger partial charge in [0.2, 0.25) is 0 Å². The standard InChI is InChI=1S/C19H12FN3O3S/c20-13-4-2-1-3-12(13)15-14(16(24)11-5-7-21-8-6-11)17(25)18(26)23(15)19-22-9-10-27-19/h1-10,15,24H. The topological polar surface area (TPSA) is 83.4 Å². The van der Waals surface area contributed by atoms with Crippen LogP contribution in [0.4, 0.5) is 9.52 Å². The van der Waals surface area contributed by atoms with E-state index in [1.54, 1.807) is 11.4 Å². The summed E-state index contributed by atoms with van der Waals surface area (Å²) in [7, 11) is 0. The number of amides is 1. The zero-order valence-corrected chi connectivity index (χ0v) is 14.6. The number of hydrogen-bond acceptors (Lipinski definition) is 6. The summed E-state index contributed by atoms with van der Waals surface area (Å²) in [5, 5.41) is 12.7. The van der Waals surface area contributed by atoms with Gasteiger partial charge in [0.25, 0.3) is 5.78 Å². The number of aromatic nitrogens is 2. The Hall–Kier alpha value is -3.39. The first-order chi connectivity index (χ1) is 13.1. The highest BCUT2D eigenvalue weighted by molar-refractivity contribution is 7.14. The van der Waals surface area contributed by atoms with Crippen molar-refractivity contribution in [1.29, 1.82) is 0 Å². The largest absolute Gasteiger partial charge is 0.507 e. The zero-order chi connectivity index (χ0) is 19.0. The van der Waals surface area contributed by atoms with E-state index in [0.717, 1.165) is 16.2 Å². The minimum absolute atomic E-state index is 0.0995. The fourth-order valence-electron chi connectivity index (χ4n) is 3.02. The van der Waals surface area contributed by atoms with Crippen LogP contribution < -0.4 is 4.90 Å². The number of thiazole rings is 1. The van der Waals surface area contributed by atoms with Gasteiger partial charge >= 0.3 is 5.91 Å². The normalized spacial score (nSPS) is 18.9. The maximum Gasteiger partial charge on any atom is 0.301 e. The number of rotatable bonds is 3. The highest BCUT2D eigenvalue weighted by atomic mass is 32.1. The monoisotopic (exact) mass is 381 g/mol. The fourth-order valence-corrected chi connectivity index (χ4v) is 3.69. The van der Waals surface area contributed by atoms with Crippen LogP contribution in [0.3, 0.4) is 0 Å². The van der Waals surface area contributed by atoms with Gasteiger partial charge in [-0.3, -0.25) is 19.5 Å². The van der Waals surface area contributed by atoms with E-state index in [9.17, 15) is 19.1 Å². The average Bonchev–Trinajstić information content (AvgIpc) is 3.30. The molecule has 0 saturated carbocycles. The van der Waals surface area contributed by atoms with Crippen molar-refractivity contribution in [2.75, 3.05) is 4.90 Å². The van der Waals surface area contributed by atoms with E-state index in [1.807, 2.05) is 0 Å². The van der Waals surface area contributed by atoms with E-state index >= 15 is 0 Å². The van der Waals surface area contributed by atoms with E-state index in [4.69, 9.17) is 0 Å². The van der Waals surface area contributed by atoms with Crippen LogP contribution in [0.2, 0.25) is 0 Å². The minimum Gasteiger partial charge on any atom is -0.507 e. The summed E-state index contributed by atoms with van der Waals surface area (Å²) in [6.45, 7) is 0. The quantitative estimate of drug-likeness (QED) is 0.428. The van der Waals surface area contributed by atoms with E-state index in [-0.39, 0.29) is 22.0 Å². The summed E-state index contributed by atoms with van der Waals surface area (Å²) in [5.41, 5.74) is 0.220. The molecule has 27 heavy (non-hydrogen) atoms. The lowest BCUT2D eigenvalue weighted by Crippen LogP contribution is -2.29. The predicted molar refractivity (Wildman–Crippen MR) is 97.5 cm³/mol. The number of carbonyl (C=O) groups excluding carboxylic acids is 2. The van der Waals surface area contributed by atoms with Gasteiger partial charge in [0.15, 0.2) is 5.13 Å². The fraction of sp³-hybridized carbons (Fsp3) is 0.0526. The van der Waals surface area contributed by atoms with Crippen LogP contribution in [0.15, 0.2) is 65.9 Å². The molecule has 1 aromatic carbocycles. The van der Waals surface area contributed by atoms with Crippen molar-refractivity contribution in [3.63, 3.8) is 0 Å². The molecule has 1 N–H and O–H groups in total. The second-order valence-corrected chi connectivity index (χ2v) is 6.61. The zero-order valence-electron chi connectivity index (χ0n) is 13.7. The second kappa shape index (κ2) is 6.73. The van der Waals surface area contributed by atoms with Gasteiger partial charge < -0.3 is 5.11 Å². The summed E-state index contributed by atoms with van der Waals surface area (Å²) in [5.74, 6) is -2.74.